The summed E-state index contributed by atoms with van der Waals surface area (Å²) >= 11 is 0. The van der Waals surface area contributed by atoms with Crippen LogP contribution in [0.15, 0.2) is 18.2 Å². The molecule has 17 heavy (non-hydrogen) atoms. The molecule has 92 valence electrons. The van der Waals surface area contributed by atoms with Crippen LogP contribution in [0.5, 0.6) is 0 Å². The lowest BCUT2D eigenvalue weighted by atomic mass is 10.0. The maximum absolute atomic E-state index is 10.8. The van der Waals surface area contributed by atoms with Crippen LogP contribution in [-0.2, 0) is 0 Å². The molecular formula is C12H17N3O2. The summed E-state index contributed by atoms with van der Waals surface area (Å²) in [6, 6.07) is 5.16. The number of nitrogens with two attached hydrogens (primary N) is 1. The van der Waals surface area contributed by atoms with Crippen molar-refractivity contribution < 1.29 is 4.92 Å². The summed E-state index contributed by atoms with van der Waals surface area (Å²) in [7, 11) is 0. The zero-order valence-electron chi connectivity index (χ0n) is 9.93. The highest BCUT2D eigenvalue weighted by Crippen LogP contribution is 2.27. The summed E-state index contributed by atoms with van der Waals surface area (Å²) in [6.45, 7) is 3.68. The highest BCUT2D eigenvalue weighted by Gasteiger charge is 2.20. The molecule has 0 spiro atoms. The van der Waals surface area contributed by atoms with Gasteiger partial charge in [0.05, 0.1) is 4.92 Å². The second-order valence-electron chi connectivity index (χ2n) is 4.58. The van der Waals surface area contributed by atoms with E-state index in [9.17, 15) is 10.1 Å². The lowest BCUT2D eigenvalue weighted by Crippen LogP contribution is -2.43. The van der Waals surface area contributed by atoms with E-state index >= 15 is 0 Å². The van der Waals surface area contributed by atoms with Crippen LogP contribution >= 0.6 is 0 Å². The quantitative estimate of drug-likeness (QED) is 0.627. The Morgan fingerprint density at radius 3 is 2.94 bits per heavy atom. The minimum absolute atomic E-state index is 0.143. The maximum atomic E-state index is 10.8. The minimum Gasteiger partial charge on any atom is -0.370 e. The third-order valence-corrected chi connectivity index (χ3v) is 3.20. The SMILES string of the molecule is Cc1ccc([N+](=O)[O-])cc1N1CCCC(N)C1. The van der Waals surface area contributed by atoms with Crippen molar-refractivity contribution in [2.75, 3.05) is 18.0 Å². The van der Waals surface area contributed by atoms with Crippen molar-refractivity contribution >= 4 is 11.4 Å². The minimum atomic E-state index is -0.354. The normalized spacial score (nSPS) is 20.4. The molecule has 0 radical (unpaired) electrons. The number of anilines is 1. The molecule has 1 aromatic carbocycles. The van der Waals surface area contributed by atoms with Gasteiger partial charge in [-0.2, -0.15) is 0 Å². The number of aryl methyl sites for hydroxylation is 1. The molecule has 1 saturated heterocycles. The van der Waals surface area contributed by atoms with E-state index in [1.54, 1.807) is 18.2 Å². The first-order chi connectivity index (χ1) is 8.08. The second-order valence-corrected chi connectivity index (χ2v) is 4.58. The van der Waals surface area contributed by atoms with Gasteiger partial charge in [0.2, 0.25) is 0 Å². The van der Waals surface area contributed by atoms with Gasteiger partial charge in [0.1, 0.15) is 0 Å². The van der Waals surface area contributed by atoms with Gasteiger partial charge in [-0.25, -0.2) is 0 Å². The Morgan fingerprint density at radius 2 is 2.29 bits per heavy atom. The first-order valence-corrected chi connectivity index (χ1v) is 5.83. The number of benzene rings is 1. The molecule has 5 nitrogen and oxygen atoms in total. The Bertz CT molecular complexity index is 434. The maximum Gasteiger partial charge on any atom is 0.271 e. The lowest BCUT2D eigenvalue weighted by molar-refractivity contribution is -0.384. The number of hydrogen-bond donors (Lipinski definition) is 1. The van der Waals surface area contributed by atoms with Gasteiger partial charge in [-0.05, 0) is 25.3 Å². The molecule has 1 aliphatic heterocycles. The van der Waals surface area contributed by atoms with Crippen molar-refractivity contribution in [1.29, 1.82) is 0 Å². The van der Waals surface area contributed by atoms with E-state index in [1.807, 2.05) is 6.92 Å². The van der Waals surface area contributed by atoms with E-state index in [-0.39, 0.29) is 16.7 Å². The van der Waals surface area contributed by atoms with E-state index < -0.39 is 0 Å². The Kier molecular flexibility index (Phi) is 3.28. The number of nitro groups is 1. The molecule has 0 amide bonds. The summed E-state index contributed by atoms with van der Waals surface area (Å²) in [6.07, 6.45) is 2.08. The molecule has 1 aliphatic rings. The Labute approximate surface area is 100 Å². The van der Waals surface area contributed by atoms with Gasteiger partial charge in [-0.15, -0.1) is 0 Å². The zero-order chi connectivity index (χ0) is 12.4. The van der Waals surface area contributed by atoms with Gasteiger partial charge < -0.3 is 10.6 Å². The third kappa shape index (κ3) is 2.55. The molecule has 1 unspecified atom stereocenters. The third-order valence-electron chi connectivity index (χ3n) is 3.20. The van der Waals surface area contributed by atoms with Gasteiger partial charge in [0, 0.05) is 37.0 Å². The average molecular weight is 235 g/mol. The van der Waals surface area contributed by atoms with E-state index in [2.05, 4.69) is 4.90 Å². The summed E-state index contributed by atoms with van der Waals surface area (Å²) < 4.78 is 0. The monoisotopic (exact) mass is 235 g/mol. The second kappa shape index (κ2) is 4.71. The first kappa shape index (κ1) is 11.9. The van der Waals surface area contributed by atoms with Crippen molar-refractivity contribution in [1.82, 2.24) is 0 Å². The number of rotatable bonds is 2. The van der Waals surface area contributed by atoms with E-state index in [0.29, 0.717) is 0 Å². The van der Waals surface area contributed by atoms with Crippen molar-refractivity contribution in [2.24, 2.45) is 5.73 Å². The predicted molar refractivity (Wildman–Crippen MR) is 67.3 cm³/mol. The fourth-order valence-electron chi connectivity index (χ4n) is 2.28. The van der Waals surface area contributed by atoms with Crippen LogP contribution < -0.4 is 10.6 Å². The van der Waals surface area contributed by atoms with Crippen LogP contribution in [0.3, 0.4) is 0 Å². The molecule has 1 atom stereocenters. The molecule has 1 heterocycles. The number of hydrogen-bond acceptors (Lipinski definition) is 4. The lowest BCUT2D eigenvalue weighted by Gasteiger charge is -2.33. The Morgan fingerprint density at radius 1 is 1.53 bits per heavy atom. The summed E-state index contributed by atoms with van der Waals surface area (Å²) in [5, 5.41) is 10.8. The molecule has 1 fully saturated rings. The Hall–Kier alpha value is -1.62. The van der Waals surface area contributed by atoms with Gasteiger partial charge in [0.15, 0.2) is 0 Å². The molecule has 1 aromatic rings. The van der Waals surface area contributed by atoms with Crippen molar-refractivity contribution in [3.8, 4) is 0 Å². The topological polar surface area (TPSA) is 72.4 Å². The summed E-state index contributed by atoms with van der Waals surface area (Å²) in [5.41, 5.74) is 8.08. The van der Waals surface area contributed by atoms with Crippen molar-refractivity contribution in [2.45, 2.75) is 25.8 Å². The molecule has 2 rings (SSSR count). The highest BCUT2D eigenvalue weighted by molar-refractivity contribution is 5.59. The smallest absolute Gasteiger partial charge is 0.271 e. The first-order valence-electron chi connectivity index (χ1n) is 5.83. The Balaban J connectivity index is 2.29. The van der Waals surface area contributed by atoms with Crippen LogP contribution in [0, 0.1) is 17.0 Å². The van der Waals surface area contributed by atoms with E-state index in [1.165, 1.54) is 0 Å². The highest BCUT2D eigenvalue weighted by atomic mass is 16.6. The number of nitro benzene ring substituents is 1. The van der Waals surface area contributed by atoms with Crippen LogP contribution in [0.2, 0.25) is 0 Å². The molecular weight excluding hydrogens is 218 g/mol. The molecule has 0 aromatic heterocycles. The largest absolute Gasteiger partial charge is 0.370 e. The van der Waals surface area contributed by atoms with Crippen molar-refractivity contribution in [3.63, 3.8) is 0 Å². The number of non-ortho nitro benzene ring substituents is 1. The fourth-order valence-corrected chi connectivity index (χ4v) is 2.28. The number of nitrogens with zero attached hydrogens (tertiary/aromatic N) is 2. The van der Waals surface area contributed by atoms with Gasteiger partial charge in [-0.1, -0.05) is 6.07 Å². The average Bonchev–Trinajstić information content (AvgIpc) is 2.29. The van der Waals surface area contributed by atoms with Gasteiger partial charge in [0.25, 0.3) is 5.69 Å². The molecule has 0 bridgehead atoms. The van der Waals surface area contributed by atoms with E-state index in [0.717, 1.165) is 37.2 Å². The summed E-state index contributed by atoms with van der Waals surface area (Å²) in [5.74, 6) is 0. The standard InChI is InChI=1S/C12H17N3O2/c1-9-4-5-11(15(16)17)7-12(9)14-6-2-3-10(13)8-14/h4-5,7,10H,2-3,6,8,13H2,1H3. The van der Waals surface area contributed by atoms with Crippen LogP contribution in [-0.4, -0.2) is 24.1 Å². The van der Waals surface area contributed by atoms with E-state index in [4.69, 9.17) is 5.73 Å². The fraction of sp³-hybridized carbons (Fsp3) is 0.500. The van der Waals surface area contributed by atoms with Crippen molar-refractivity contribution in [3.05, 3.63) is 33.9 Å². The molecule has 0 aliphatic carbocycles. The molecule has 2 N–H and O–H groups in total. The van der Waals surface area contributed by atoms with Gasteiger partial charge >= 0.3 is 0 Å². The van der Waals surface area contributed by atoms with Gasteiger partial charge in [-0.3, -0.25) is 10.1 Å². The predicted octanol–water partition coefficient (Wildman–Crippen LogP) is 1.83. The van der Waals surface area contributed by atoms with Crippen LogP contribution in [0.4, 0.5) is 11.4 Å². The summed E-state index contributed by atoms with van der Waals surface area (Å²) in [4.78, 5) is 12.6. The molecule has 0 saturated carbocycles. The number of piperidine rings is 1. The zero-order valence-corrected chi connectivity index (χ0v) is 9.93. The van der Waals surface area contributed by atoms with Crippen LogP contribution in [0.1, 0.15) is 18.4 Å². The van der Waals surface area contributed by atoms with Crippen LogP contribution in [0.25, 0.3) is 0 Å². The molecule has 5 heteroatoms.